The van der Waals surface area contributed by atoms with Crippen LogP contribution in [0.25, 0.3) is 117 Å². The molecule has 0 saturated carbocycles. The number of hydrogen-bond donors (Lipinski definition) is 0. The molecule has 0 N–H and O–H groups in total. The normalized spacial score (nSPS) is 11.5. The van der Waals surface area contributed by atoms with Crippen LogP contribution in [0.5, 0.6) is 0 Å². The maximum absolute atomic E-state index is 6.59. The van der Waals surface area contributed by atoms with Crippen LogP contribution < -0.4 is 0 Å². The van der Waals surface area contributed by atoms with Crippen molar-refractivity contribution in [2.75, 3.05) is 0 Å². The van der Waals surface area contributed by atoms with Crippen molar-refractivity contribution in [3.63, 3.8) is 0 Å². The molecule has 0 aliphatic heterocycles. The molecular weight excluding hydrogens is 757 g/mol. The van der Waals surface area contributed by atoms with Gasteiger partial charge in [0.05, 0.1) is 11.0 Å². The molecule has 0 aliphatic rings. The average Bonchev–Trinajstić information content (AvgIpc) is 3.89. The number of aromatic nitrogens is 4. The van der Waals surface area contributed by atoms with E-state index in [1.165, 1.54) is 21.9 Å². The fraction of sp³-hybridized carbons (Fsp3) is 0. The highest BCUT2D eigenvalue weighted by atomic mass is 16.3. The van der Waals surface area contributed by atoms with E-state index in [9.17, 15) is 0 Å². The van der Waals surface area contributed by atoms with Crippen LogP contribution in [-0.4, -0.2) is 19.5 Å². The van der Waals surface area contributed by atoms with E-state index in [0.717, 1.165) is 77.6 Å². The zero-order chi connectivity index (χ0) is 41.0. The van der Waals surface area contributed by atoms with Crippen molar-refractivity contribution in [2.24, 2.45) is 0 Å². The summed E-state index contributed by atoms with van der Waals surface area (Å²) in [6, 6.07) is 76.4. The highest BCUT2D eigenvalue weighted by molar-refractivity contribution is 6.11. The third kappa shape index (κ3) is 6.23. The van der Waals surface area contributed by atoms with Crippen LogP contribution in [0.4, 0.5) is 0 Å². The van der Waals surface area contributed by atoms with Crippen molar-refractivity contribution >= 4 is 43.7 Å². The largest absolute Gasteiger partial charge is 0.456 e. The molecule has 9 aromatic carbocycles. The molecule has 0 aliphatic carbocycles. The van der Waals surface area contributed by atoms with Gasteiger partial charge in [-0.05, 0) is 81.9 Å². The van der Waals surface area contributed by atoms with Crippen molar-refractivity contribution < 1.29 is 4.42 Å². The second kappa shape index (κ2) is 14.7. The van der Waals surface area contributed by atoms with Gasteiger partial charge >= 0.3 is 0 Å². The molecule has 5 heteroatoms. The van der Waals surface area contributed by atoms with Gasteiger partial charge in [0.2, 0.25) is 0 Å². The van der Waals surface area contributed by atoms with E-state index < -0.39 is 0 Å². The molecule has 0 spiro atoms. The van der Waals surface area contributed by atoms with Gasteiger partial charge in [0, 0.05) is 43.9 Å². The summed E-state index contributed by atoms with van der Waals surface area (Å²) < 4.78 is 8.95. The number of nitrogens with zero attached hydrogens (tertiary/aromatic N) is 4. The highest BCUT2D eigenvalue weighted by Gasteiger charge is 2.18. The summed E-state index contributed by atoms with van der Waals surface area (Å²) >= 11 is 0. The average molecular weight is 793 g/mol. The fourth-order valence-corrected chi connectivity index (χ4v) is 8.75. The summed E-state index contributed by atoms with van der Waals surface area (Å²) in [4.78, 5) is 15.2. The predicted octanol–water partition coefficient (Wildman–Crippen LogP) is 14.9. The van der Waals surface area contributed by atoms with Crippen LogP contribution >= 0.6 is 0 Å². The maximum atomic E-state index is 6.59. The molecule has 3 heterocycles. The van der Waals surface area contributed by atoms with Gasteiger partial charge in [0.15, 0.2) is 17.5 Å². The van der Waals surface area contributed by atoms with Crippen LogP contribution in [0.2, 0.25) is 0 Å². The van der Waals surface area contributed by atoms with E-state index in [-0.39, 0.29) is 0 Å². The number of furan rings is 1. The standard InChI is InChI=1S/C57H36N4O/c1-4-12-37(13-5-1)40-20-24-42(25-21-40)55-58-56(43-26-22-41(23-27-43)38-14-6-2-7-15-38)60-57(59-55)45-28-31-48-50-36-46(30-33-53(50)62-54(48)35-45)61-51-19-11-10-18-47(51)49-34-44(29-32-52(49)61)39-16-8-3-9-17-39/h1-36H. The molecule has 290 valence electrons. The summed E-state index contributed by atoms with van der Waals surface area (Å²) in [6.45, 7) is 0. The lowest BCUT2D eigenvalue weighted by molar-refractivity contribution is 0.669. The number of benzene rings is 9. The van der Waals surface area contributed by atoms with Gasteiger partial charge in [0.25, 0.3) is 0 Å². The molecular formula is C57H36N4O. The van der Waals surface area contributed by atoms with Gasteiger partial charge in [-0.3, -0.25) is 0 Å². The summed E-state index contributed by atoms with van der Waals surface area (Å²) in [6.07, 6.45) is 0. The minimum absolute atomic E-state index is 0.576. The zero-order valence-corrected chi connectivity index (χ0v) is 33.5. The Balaban J connectivity index is 0.953. The lowest BCUT2D eigenvalue weighted by Crippen LogP contribution is -2.00. The summed E-state index contributed by atoms with van der Waals surface area (Å²) in [7, 11) is 0. The number of rotatable bonds is 7. The second-order valence-corrected chi connectivity index (χ2v) is 15.6. The first kappa shape index (κ1) is 35.5. The molecule has 5 nitrogen and oxygen atoms in total. The summed E-state index contributed by atoms with van der Waals surface area (Å²) in [5.41, 5.74) is 14.7. The number of fused-ring (bicyclic) bond motifs is 6. The van der Waals surface area contributed by atoms with Gasteiger partial charge in [0.1, 0.15) is 11.2 Å². The Morgan fingerprint density at radius 3 is 1.35 bits per heavy atom. The lowest BCUT2D eigenvalue weighted by Gasteiger charge is -2.10. The topological polar surface area (TPSA) is 56.7 Å². The predicted molar refractivity (Wildman–Crippen MR) is 254 cm³/mol. The molecule has 62 heavy (non-hydrogen) atoms. The van der Waals surface area contributed by atoms with E-state index in [0.29, 0.717) is 17.5 Å². The molecule has 3 aromatic heterocycles. The molecule has 12 aromatic rings. The first-order chi connectivity index (χ1) is 30.7. The Bertz CT molecular complexity index is 3490. The molecule has 0 atom stereocenters. The molecule has 0 radical (unpaired) electrons. The summed E-state index contributed by atoms with van der Waals surface area (Å²) in [5.74, 6) is 1.79. The van der Waals surface area contributed by atoms with Crippen molar-refractivity contribution in [1.82, 2.24) is 19.5 Å². The smallest absolute Gasteiger partial charge is 0.164 e. The van der Waals surface area contributed by atoms with E-state index in [1.807, 2.05) is 12.1 Å². The van der Waals surface area contributed by atoms with Gasteiger partial charge in [-0.2, -0.15) is 0 Å². The van der Waals surface area contributed by atoms with Crippen LogP contribution in [0.15, 0.2) is 223 Å². The first-order valence-electron chi connectivity index (χ1n) is 20.8. The molecule has 0 saturated heterocycles. The quantitative estimate of drug-likeness (QED) is 0.161. The minimum atomic E-state index is 0.576. The van der Waals surface area contributed by atoms with E-state index in [4.69, 9.17) is 19.4 Å². The molecule has 0 amide bonds. The number of para-hydroxylation sites is 1. The fourth-order valence-electron chi connectivity index (χ4n) is 8.75. The van der Waals surface area contributed by atoms with Crippen LogP contribution in [0.3, 0.4) is 0 Å². The van der Waals surface area contributed by atoms with Crippen molar-refractivity contribution in [1.29, 1.82) is 0 Å². The van der Waals surface area contributed by atoms with Crippen LogP contribution in [0, 0.1) is 0 Å². The first-order valence-corrected chi connectivity index (χ1v) is 20.8. The van der Waals surface area contributed by atoms with Crippen molar-refractivity contribution in [2.45, 2.75) is 0 Å². The van der Waals surface area contributed by atoms with Gasteiger partial charge in [-0.25, -0.2) is 15.0 Å². The second-order valence-electron chi connectivity index (χ2n) is 15.6. The third-order valence-electron chi connectivity index (χ3n) is 11.9. The molecule has 0 bridgehead atoms. The van der Waals surface area contributed by atoms with Gasteiger partial charge in [-0.1, -0.05) is 170 Å². The van der Waals surface area contributed by atoms with E-state index in [1.54, 1.807) is 0 Å². The Labute approximate surface area is 357 Å². The Morgan fingerprint density at radius 1 is 0.274 bits per heavy atom. The lowest BCUT2D eigenvalue weighted by atomic mass is 10.0. The molecule has 12 rings (SSSR count). The van der Waals surface area contributed by atoms with Crippen molar-refractivity contribution in [3.8, 4) is 73.2 Å². The zero-order valence-electron chi connectivity index (χ0n) is 33.5. The maximum Gasteiger partial charge on any atom is 0.164 e. The van der Waals surface area contributed by atoms with Gasteiger partial charge in [-0.15, -0.1) is 0 Å². The van der Waals surface area contributed by atoms with Crippen LogP contribution in [-0.2, 0) is 0 Å². The van der Waals surface area contributed by atoms with Crippen LogP contribution in [0.1, 0.15) is 0 Å². The molecule has 0 fully saturated rings. The Hall–Kier alpha value is -8.41. The summed E-state index contributed by atoms with van der Waals surface area (Å²) in [5, 5.41) is 4.52. The van der Waals surface area contributed by atoms with Gasteiger partial charge < -0.3 is 8.98 Å². The van der Waals surface area contributed by atoms with E-state index in [2.05, 4.69) is 211 Å². The SMILES string of the molecule is c1ccc(-c2ccc(-c3nc(-c4ccc(-c5ccccc5)cc4)nc(-c4ccc5c(c4)oc4ccc(-n6c7ccccc7c7cc(-c8ccccc8)ccc76)cc45)n3)cc2)cc1. The Kier molecular flexibility index (Phi) is 8.42. The highest BCUT2D eigenvalue weighted by Crippen LogP contribution is 2.38. The molecule has 0 unspecified atom stereocenters. The Morgan fingerprint density at radius 2 is 0.742 bits per heavy atom. The van der Waals surface area contributed by atoms with Crippen molar-refractivity contribution in [3.05, 3.63) is 218 Å². The minimum Gasteiger partial charge on any atom is -0.456 e. The number of hydrogen-bond acceptors (Lipinski definition) is 4. The van der Waals surface area contributed by atoms with E-state index >= 15 is 0 Å². The monoisotopic (exact) mass is 792 g/mol. The third-order valence-corrected chi connectivity index (χ3v) is 11.9.